The maximum atomic E-state index is 12.7. The van der Waals surface area contributed by atoms with Gasteiger partial charge in [0.15, 0.2) is 0 Å². The molecule has 0 saturated carbocycles. The number of benzene rings is 1. The second kappa shape index (κ2) is 6.26. The lowest BCUT2D eigenvalue weighted by Crippen LogP contribution is -2.48. The molecule has 1 saturated heterocycles. The van der Waals surface area contributed by atoms with E-state index in [1.807, 2.05) is 25.1 Å². The Bertz CT molecular complexity index is 726. The first-order valence-corrected chi connectivity index (χ1v) is 8.71. The van der Waals surface area contributed by atoms with Gasteiger partial charge in [0.05, 0.1) is 6.04 Å². The van der Waals surface area contributed by atoms with Gasteiger partial charge in [0.2, 0.25) is 0 Å². The van der Waals surface area contributed by atoms with Gasteiger partial charge in [-0.1, -0.05) is 30.3 Å². The van der Waals surface area contributed by atoms with Crippen molar-refractivity contribution in [1.29, 1.82) is 0 Å². The zero-order chi connectivity index (χ0) is 16.5. The average Bonchev–Trinajstić information content (AvgIpc) is 3.07. The van der Waals surface area contributed by atoms with Gasteiger partial charge in [0.25, 0.3) is 0 Å². The van der Waals surface area contributed by atoms with Crippen molar-refractivity contribution in [2.45, 2.75) is 51.2 Å². The molecular formula is C18H23N5O. The zero-order valence-electron chi connectivity index (χ0n) is 14.0. The lowest BCUT2D eigenvalue weighted by molar-refractivity contribution is 0.171. The predicted octanol–water partition coefficient (Wildman–Crippen LogP) is 1.93. The fraction of sp³-hybridized carbons (Fsp3) is 0.500. The number of nitrogens with one attached hydrogen (secondary N) is 1. The third kappa shape index (κ3) is 2.77. The molecule has 2 aliphatic rings. The summed E-state index contributed by atoms with van der Waals surface area (Å²) in [7, 11) is 0. The number of aryl methyl sites for hydroxylation is 1. The van der Waals surface area contributed by atoms with Gasteiger partial charge in [0, 0.05) is 25.6 Å². The second-order valence-corrected chi connectivity index (χ2v) is 6.74. The SMILES string of the molecule is Cc1nnc2n1CC1CCC(C2)N1C(=O)NCCc1ccccc1. The van der Waals surface area contributed by atoms with E-state index in [4.69, 9.17) is 0 Å². The lowest BCUT2D eigenvalue weighted by atomic mass is 10.1. The molecule has 0 aliphatic carbocycles. The number of amides is 2. The van der Waals surface area contributed by atoms with E-state index in [1.165, 1.54) is 5.56 Å². The smallest absolute Gasteiger partial charge is 0.317 e. The summed E-state index contributed by atoms with van der Waals surface area (Å²) in [5, 5.41) is 11.6. The molecule has 2 unspecified atom stereocenters. The Morgan fingerprint density at radius 2 is 2.00 bits per heavy atom. The van der Waals surface area contributed by atoms with Crippen LogP contribution >= 0.6 is 0 Å². The molecule has 4 rings (SSSR count). The van der Waals surface area contributed by atoms with Crippen molar-refractivity contribution in [1.82, 2.24) is 25.0 Å². The highest BCUT2D eigenvalue weighted by molar-refractivity contribution is 5.75. The van der Waals surface area contributed by atoms with Crippen LogP contribution in [-0.4, -0.2) is 44.3 Å². The Labute approximate surface area is 141 Å². The van der Waals surface area contributed by atoms with Crippen molar-refractivity contribution in [2.75, 3.05) is 6.54 Å². The van der Waals surface area contributed by atoms with E-state index in [1.54, 1.807) is 0 Å². The van der Waals surface area contributed by atoms with E-state index in [9.17, 15) is 4.79 Å². The number of fused-ring (bicyclic) bond motifs is 3. The molecule has 1 N–H and O–H groups in total. The van der Waals surface area contributed by atoms with Crippen molar-refractivity contribution in [2.24, 2.45) is 0 Å². The van der Waals surface area contributed by atoms with Crippen LogP contribution < -0.4 is 5.32 Å². The number of hydrogen-bond acceptors (Lipinski definition) is 3. The molecule has 1 aromatic carbocycles. The Balaban J connectivity index is 1.40. The summed E-state index contributed by atoms with van der Waals surface area (Å²) in [4.78, 5) is 14.8. The van der Waals surface area contributed by atoms with Gasteiger partial charge in [-0.3, -0.25) is 0 Å². The van der Waals surface area contributed by atoms with Crippen molar-refractivity contribution in [3.8, 4) is 0 Å². The van der Waals surface area contributed by atoms with Crippen molar-refractivity contribution in [3.63, 3.8) is 0 Å². The molecule has 2 atom stereocenters. The molecule has 126 valence electrons. The molecule has 6 heteroatoms. The van der Waals surface area contributed by atoms with Crippen LogP contribution in [0.1, 0.15) is 30.1 Å². The standard InChI is InChI=1S/C18H23N5O/c1-13-20-21-17-11-15-7-8-16(12-22(13)17)23(15)18(24)19-10-9-14-5-3-2-4-6-14/h2-6,15-16H,7-12H2,1H3,(H,19,24). The molecular weight excluding hydrogens is 302 g/mol. The zero-order valence-corrected chi connectivity index (χ0v) is 14.0. The average molecular weight is 325 g/mol. The highest BCUT2D eigenvalue weighted by Gasteiger charge is 2.40. The van der Waals surface area contributed by atoms with Crippen LogP contribution in [0.25, 0.3) is 0 Å². The second-order valence-electron chi connectivity index (χ2n) is 6.74. The number of urea groups is 1. The Morgan fingerprint density at radius 3 is 2.83 bits per heavy atom. The number of carbonyl (C=O) groups is 1. The number of hydrogen-bond donors (Lipinski definition) is 1. The molecule has 3 heterocycles. The molecule has 2 bridgehead atoms. The van der Waals surface area contributed by atoms with E-state index in [0.717, 1.165) is 43.9 Å². The van der Waals surface area contributed by atoms with E-state index in [0.29, 0.717) is 6.54 Å². The van der Waals surface area contributed by atoms with Crippen LogP contribution in [0, 0.1) is 6.92 Å². The number of rotatable bonds is 3. The highest BCUT2D eigenvalue weighted by atomic mass is 16.2. The van der Waals surface area contributed by atoms with Gasteiger partial charge in [-0.05, 0) is 31.7 Å². The lowest BCUT2D eigenvalue weighted by Gasteiger charge is -2.28. The van der Waals surface area contributed by atoms with Gasteiger partial charge in [-0.15, -0.1) is 10.2 Å². The quantitative estimate of drug-likeness (QED) is 0.938. The summed E-state index contributed by atoms with van der Waals surface area (Å²) < 4.78 is 2.17. The van der Waals surface area contributed by atoms with Crippen LogP contribution in [0.3, 0.4) is 0 Å². The summed E-state index contributed by atoms with van der Waals surface area (Å²) in [6.45, 7) is 3.47. The van der Waals surface area contributed by atoms with Gasteiger partial charge < -0.3 is 14.8 Å². The summed E-state index contributed by atoms with van der Waals surface area (Å²) in [5.74, 6) is 1.96. The maximum Gasteiger partial charge on any atom is 0.317 e. The monoisotopic (exact) mass is 325 g/mol. The fourth-order valence-corrected chi connectivity index (χ4v) is 3.96. The van der Waals surface area contributed by atoms with E-state index in [2.05, 4.69) is 37.1 Å². The highest BCUT2D eigenvalue weighted by Crippen LogP contribution is 2.31. The first-order chi connectivity index (χ1) is 11.7. The Kier molecular flexibility index (Phi) is 3.96. The van der Waals surface area contributed by atoms with Gasteiger partial charge in [0.1, 0.15) is 11.6 Å². The topological polar surface area (TPSA) is 63.1 Å². The molecule has 2 aliphatic heterocycles. The normalized spacial score (nSPS) is 22.1. The molecule has 2 amide bonds. The molecule has 0 spiro atoms. The number of carbonyl (C=O) groups excluding carboxylic acids is 1. The van der Waals surface area contributed by atoms with Crippen LogP contribution in [0.5, 0.6) is 0 Å². The van der Waals surface area contributed by atoms with E-state index < -0.39 is 0 Å². The molecule has 1 fully saturated rings. The van der Waals surface area contributed by atoms with Crippen LogP contribution in [0.2, 0.25) is 0 Å². The van der Waals surface area contributed by atoms with Crippen LogP contribution in [0.15, 0.2) is 30.3 Å². The molecule has 1 aromatic heterocycles. The Hall–Kier alpha value is -2.37. The van der Waals surface area contributed by atoms with Crippen LogP contribution in [0.4, 0.5) is 4.79 Å². The summed E-state index contributed by atoms with van der Waals surface area (Å²) in [6, 6.07) is 10.8. The van der Waals surface area contributed by atoms with Crippen molar-refractivity contribution < 1.29 is 4.79 Å². The number of aromatic nitrogens is 3. The molecule has 24 heavy (non-hydrogen) atoms. The molecule has 2 aromatic rings. The minimum atomic E-state index is 0.0646. The van der Waals surface area contributed by atoms with E-state index in [-0.39, 0.29) is 18.1 Å². The first kappa shape index (κ1) is 15.2. The predicted molar refractivity (Wildman–Crippen MR) is 90.7 cm³/mol. The first-order valence-electron chi connectivity index (χ1n) is 8.71. The summed E-state index contributed by atoms with van der Waals surface area (Å²) in [6.07, 6.45) is 3.79. The van der Waals surface area contributed by atoms with Gasteiger partial charge >= 0.3 is 6.03 Å². The minimum Gasteiger partial charge on any atom is -0.338 e. The number of nitrogens with zero attached hydrogens (tertiary/aromatic N) is 4. The minimum absolute atomic E-state index is 0.0646. The summed E-state index contributed by atoms with van der Waals surface area (Å²) in [5.41, 5.74) is 1.25. The summed E-state index contributed by atoms with van der Waals surface area (Å²) >= 11 is 0. The van der Waals surface area contributed by atoms with Gasteiger partial charge in [-0.25, -0.2) is 4.79 Å². The molecule has 0 radical (unpaired) electrons. The third-order valence-corrected chi connectivity index (χ3v) is 5.21. The van der Waals surface area contributed by atoms with Gasteiger partial charge in [-0.2, -0.15) is 0 Å². The van der Waals surface area contributed by atoms with E-state index >= 15 is 0 Å². The third-order valence-electron chi connectivity index (χ3n) is 5.21. The Morgan fingerprint density at radius 1 is 1.21 bits per heavy atom. The molecule has 6 nitrogen and oxygen atoms in total. The van der Waals surface area contributed by atoms with Crippen LogP contribution in [-0.2, 0) is 19.4 Å². The van der Waals surface area contributed by atoms with Crippen molar-refractivity contribution >= 4 is 6.03 Å². The largest absolute Gasteiger partial charge is 0.338 e. The maximum absolute atomic E-state index is 12.7. The van der Waals surface area contributed by atoms with Crippen molar-refractivity contribution in [3.05, 3.63) is 47.5 Å². The fourth-order valence-electron chi connectivity index (χ4n) is 3.96.